The molecular weight excluding hydrogens is 288 g/mol. The Kier molecular flexibility index (Phi) is 3.41. The zero-order valence-electron chi connectivity index (χ0n) is 11.8. The molecule has 0 saturated carbocycles. The fraction of sp³-hybridized carbons (Fsp3) is 0.385. The van der Waals surface area contributed by atoms with Gasteiger partial charge in [0.05, 0.1) is 12.8 Å². The first-order chi connectivity index (χ1) is 10.5. The minimum absolute atomic E-state index is 0.0584. The van der Waals surface area contributed by atoms with E-state index >= 15 is 0 Å². The molecule has 3 heterocycles. The maximum atomic E-state index is 12.5. The molecule has 2 amide bonds. The second kappa shape index (κ2) is 5.26. The summed E-state index contributed by atoms with van der Waals surface area (Å²) in [4.78, 5) is 28.4. The maximum Gasteiger partial charge on any atom is 0.257 e. The van der Waals surface area contributed by atoms with Gasteiger partial charge in [-0.2, -0.15) is 9.61 Å². The number of anilines is 1. The molecule has 1 atom stereocenters. The molecule has 0 spiro atoms. The Bertz CT molecular complexity index is 734. The lowest BCUT2D eigenvalue weighted by atomic mass is 9.91. The molecule has 0 aromatic carbocycles. The summed E-state index contributed by atoms with van der Waals surface area (Å²) in [5.74, 6) is -0.753. The average molecular weight is 304 g/mol. The number of nitrogens with two attached hydrogens (primary N) is 2. The lowest BCUT2D eigenvalue weighted by molar-refractivity contribution is -0.129. The highest BCUT2D eigenvalue weighted by atomic mass is 16.5. The summed E-state index contributed by atoms with van der Waals surface area (Å²) in [6, 6.07) is 1.57. The molecule has 3 rings (SSSR count). The third-order valence-corrected chi connectivity index (χ3v) is 3.74. The van der Waals surface area contributed by atoms with Crippen LogP contribution in [0.15, 0.2) is 18.5 Å². The van der Waals surface area contributed by atoms with Crippen molar-refractivity contribution in [3.63, 3.8) is 0 Å². The monoisotopic (exact) mass is 304 g/mol. The van der Waals surface area contributed by atoms with E-state index in [4.69, 9.17) is 16.2 Å². The first kappa shape index (κ1) is 14.3. The van der Waals surface area contributed by atoms with E-state index in [0.717, 1.165) is 0 Å². The number of nitrogens with zero attached hydrogens (tertiary/aromatic N) is 3. The lowest BCUT2D eigenvalue weighted by Crippen LogP contribution is -2.61. The molecule has 9 heteroatoms. The van der Waals surface area contributed by atoms with Crippen LogP contribution in [0.25, 0.3) is 5.65 Å². The van der Waals surface area contributed by atoms with E-state index < -0.39 is 17.4 Å². The number of carbonyl (C=O) groups excluding carboxylic acids is 2. The predicted octanol–water partition coefficient (Wildman–Crippen LogP) is -0.924. The Morgan fingerprint density at radius 3 is 2.95 bits per heavy atom. The fourth-order valence-corrected chi connectivity index (χ4v) is 2.50. The zero-order valence-corrected chi connectivity index (χ0v) is 11.8. The van der Waals surface area contributed by atoms with Gasteiger partial charge in [-0.3, -0.25) is 9.59 Å². The van der Waals surface area contributed by atoms with Crippen molar-refractivity contribution < 1.29 is 14.3 Å². The molecule has 1 aliphatic heterocycles. The van der Waals surface area contributed by atoms with Gasteiger partial charge in [-0.1, -0.05) is 0 Å². The van der Waals surface area contributed by atoms with Gasteiger partial charge in [-0.15, -0.1) is 0 Å². The number of amides is 2. The molecule has 0 bridgehead atoms. The molecule has 22 heavy (non-hydrogen) atoms. The maximum absolute atomic E-state index is 12.5. The number of ether oxygens (including phenoxy) is 1. The quantitative estimate of drug-likeness (QED) is 0.670. The third kappa shape index (κ3) is 2.25. The normalized spacial score (nSPS) is 21.6. The largest absolute Gasteiger partial charge is 0.384 e. The van der Waals surface area contributed by atoms with Crippen LogP contribution in [-0.2, 0) is 9.53 Å². The van der Waals surface area contributed by atoms with Gasteiger partial charge in [0.2, 0.25) is 5.91 Å². The Hall–Kier alpha value is -2.68. The van der Waals surface area contributed by atoms with E-state index in [1.165, 1.54) is 16.9 Å². The number of rotatable bonds is 3. The molecular formula is C13H16N6O3. The Labute approximate surface area is 125 Å². The predicted molar refractivity (Wildman–Crippen MR) is 76.8 cm³/mol. The van der Waals surface area contributed by atoms with Crippen molar-refractivity contribution in [2.75, 3.05) is 18.9 Å². The van der Waals surface area contributed by atoms with Crippen LogP contribution in [0.5, 0.6) is 0 Å². The molecule has 1 saturated heterocycles. The van der Waals surface area contributed by atoms with Crippen LogP contribution in [0.1, 0.15) is 23.2 Å². The van der Waals surface area contributed by atoms with E-state index in [-0.39, 0.29) is 12.2 Å². The number of nitrogen functional groups attached to an aromatic ring is 1. The Morgan fingerprint density at radius 1 is 1.45 bits per heavy atom. The topological polar surface area (TPSA) is 138 Å². The highest BCUT2D eigenvalue weighted by Gasteiger charge is 2.41. The highest BCUT2D eigenvalue weighted by Crippen LogP contribution is 2.20. The molecule has 1 fully saturated rings. The van der Waals surface area contributed by atoms with E-state index in [1.807, 2.05) is 0 Å². The van der Waals surface area contributed by atoms with Crippen LogP contribution in [0, 0.1) is 0 Å². The fourth-order valence-electron chi connectivity index (χ4n) is 2.50. The van der Waals surface area contributed by atoms with E-state index in [1.54, 1.807) is 6.07 Å². The van der Waals surface area contributed by atoms with Gasteiger partial charge >= 0.3 is 0 Å². The first-order valence-corrected chi connectivity index (χ1v) is 6.82. The summed E-state index contributed by atoms with van der Waals surface area (Å²) in [7, 11) is 0. The summed E-state index contributed by atoms with van der Waals surface area (Å²) in [5.41, 5.74) is 10.5. The first-order valence-electron chi connectivity index (χ1n) is 6.82. The van der Waals surface area contributed by atoms with Gasteiger partial charge in [0, 0.05) is 12.8 Å². The van der Waals surface area contributed by atoms with Gasteiger partial charge in [-0.05, 0) is 18.9 Å². The van der Waals surface area contributed by atoms with E-state index in [9.17, 15) is 9.59 Å². The van der Waals surface area contributed by atoms with Crippen molar-refractivity contribution in [2.24, 2.45) is 5.73 Å². The summed E-state index contributed by atoms with van der Waals surface area (Å²) in [6.07, 6.45) is 3.91. The summed E-state index contributed by atoms with van der Waals surface area (Å²) in [5, 5.41) is 6.69. The smallest absolute Gasteiger partial charge is 0.257 e. The third-order valence-electron chi connectivity index (χ3n) is 3.74. The highest BCUT2D eigenvalue weighted by molar-refractivity contribution is 6.03. The average Bonchev–Trinajstić information content (AvgIpc) is 2.93. The molecule has 1 unspecified atom stereocenters. The van der Waals surface area contributed by atoms with Gasteiger partial charge in [0.15, 0.2) is 5.65 Å². The minimum atomic E-state index is -1.20. The number of nitrogens with one attached hydrogen (secondary N) is 1. The van der Waals surface area contributed by atoms with Crippen LogP contribution in [-0.4, -0.2) is 45.2 Å². The molecule has 0 aliphatic carbocycles. The van der Waals surface area contributed by atoms with Crippen LogP contribution in [0.2, 0.25) is 0 Å². The summed E-state index contributed by atoms with van der Waals surface area (Å²) >= 11 is 0. The van der Waals surface area contributed by atoms with Gasteiger partial charge in [-0.25, -0.2) is 4.98 Å². The molecule has 5 N–H and O–H groups in total. The Balaban J connectivity index is 1.92. The molecule has 2 aromatic rings. The number of hydrogen-bond acceptors (Lipinski definition) is 6. The molecule has 2 aromatic heterocycles. The number of fused-ring (bicyclic) bond motifs is 1. The molecule has 0 radical (unpaired) electrons. The number of carbonyl (C=O) groups is 2. The van der Waals surface area contributed by atoms with E-state index in [2.05, 4.69) is 15.4 Å². The van der Waals surface area contributed by atoms with Crippen molar-refractivity contribution in [1.82, 2.24) is 19.9 Å². The number of aromatic nitrogens is 3. The Morgan fingerprint density at radius 2 is 2.27 bits per heavy atom. The van der Waals surface area contributed by atoms with Crippen LogP contribution < -0.4 is 16.8 Å². The SMILES string of the molecule is NC(=O)C1(NC(=O)c2cnn3c(N)ccnc23)CCCOC1. The minimum Gasteiger partial charge on any atom is -0.384 e. The van der Waals surface area contributed by atoms with Crippen molar-refractivity contribution in [2.45, 2.75) is 18.4 Å². The molecule has 1 aliphatic rings. The van der Waals surface area contributed by atoms with Crippen LogP contribution in [0.3, 0.4) is 0 Å². The second-order valence-corrected chi connectivity index (χ2v) is 5.22. The van der Waals surface area contributed by atoms with Crippen molar-refractivity contribution >= 4 is 23.3 Å². The van der Waals surface area contributed by atoms with Gasteiger partial charge in [0.1, 0.15) is 16.9 Å². The van der Waals surface area contributed by atoms with Gasteiger partial charge in [0.25, 0.3) is 5.91 Å². The second-order valence-electron chi connectivity index (χ2n) is 5.22. The van der Waals surface area contributed by atoms with Crippen molar-refractivity contribution in [3.05, 3.63) is 24.0 Å². The standard InChI is InChI=1S/C13H16N6O3/c14-9-2-4-16-10-8(6-17-19(9)10)11(20)18-13(12(15)21)3-1-5-22-7-13/h2,4,6H,1,3,5,7,14H2,(H2,15,21)(H,18,20). The van der Waals surface area contributed by atoms with Crippen LogP contribution >= 0.6 is 0 Å². The summed E-state index contributed by atoms with van der Waals surface area (Å²) < 4.78 is 6.65. The van der Waals surface area contributed by atoms with Crippen LogP contribution in [0.4, 0.5) is 5.82 Å². The summed E-state index contributed by atoms with van der Waals surface area (Å²) in [6.45, 7) is 0.600. The van der Waals surface area contributed by atoms with Crippen molar-refractivity contribution in [1.29, 1.82) is 0 Å². The van der Waals surface area contributed by atoms with E-state index in [0.29, 0.717) is 30.9 Å². The molecule has 116 valence electrons. The molecule has 9 nitrogen and oxygen atoms in total. The zero-order chi connectivity index (χ0) is 15.7. The number of primary amides is 1. The number of hydrogen-bond donors (Lipinski definition) is 3. The van der Waals surface area contributed by atoms with Gasteiger partial charge < -0.3 is 21.5 Å². The van der Waals surface area contributed by atoms with Crippen molar-refractivity contribution in [3.8, 4) is 0 Å². The lowest BCUT2D eigenvalue weighted by Gasteiger charge is -2.34.